The summed E-state index contributed by atoms with van der Waals surface area (Å²) in [5.74, 6) is 2.48. The molecule has 1 aliphatic heterocycles. The minimum atomic E-state index is -0.198. The van der Waals surface area contributed by atoms with Crippen LogP contribution in [-0.4, -0.2) is 36.0 Å². The minimum Gasteiger partial charge on any atom is -0.373 e. The molecule has 0 radical (unpaired) electrons. The fourth-order valence-corrected chi connectivity index (χ4v) is 3.00. The number of nitrogens with one attached hydrogen (secondary N) is 1. The number of nitrogens with two attached hydrogens (primary N) is 1. The maximum Gasteiger partial charge on any atom is 0.217 e. The molecule has 0 saturated carbocycles. The van der Waals surface area contributed by atoms with Gasteiger partial charge in [0.1, 0.15) is 18.0 Å². The molecule has 2 heterocycles. The molecule has 0 aliphatic carbocycles. The van der Waals surface area contributed by atoms with Crippen molar-refractivity contribution >= 4 is 17.5 Å². The van der Waals surface area contributed by atoms with Gasteiger partial charge < -0.3 is 16.0 Å². The van der Waals surface area contributed by atoms with Crippen LogP contribution in [0.4, 0.5) is 11.6 Å². The van der Waals surface area contributed by atoms with Crippen molar-refractivity contribution in [2.75, 3.05) is 30.4 Å². The Balaban J connectivity index is 2.15. The first-order valence-electron chi connectivity index (χ1n) is 7.58. The van der Waals surface area contributed by atoms with Gasteiger partial charge in [0.2, 0.25) is 5.91 Å². The summed E-state index contributed by atoms with van der Waals surface area (Å²) < 4.78 is 0. The Morgan fingerprint density at radius 1 is 1.43 bits per heavy atom. The van der Waals surface area contributed by atoms with E-state index < -0.39 is 0 Å². The van der Waals surface area contributed by atoms with E-state index in [1.807, 2.05) is 7.05 Å². The van der Waals surface area contributed by atoms with Crippen LogP contribution in [0.1, 0.15) is 44.6 Å². The number of anilines is 2. The molecule has 116 valence electrons. The zero-order valence-corrected chi connectivity index (χ0v) is 13.1. The van der Waals surface area contributed by atoms with Crippen LogP contribution in [0.2, 0.25) is 0 Å². The average Bonchev–Trinajstić information content (AvgIpc) is 2.46. The highest BCUT2D eigenvalue weighted by atomic mass is 16.1. The Bertz CT molecular complexity index is 495. The van der Waals surface area contributed by atoms with Gasteiger partial charge in [0, 0.05) is 32.1 Å². The number of hydrogen-bond donors (Lipinski definition) is 2. The first-order valence-corrected chi connectivity index (χ1v) is 7.58. The normalized spacial score (nSPS) is 16.3. The topological polar surface area (TPSA) is 84.1 Å². The number of aromatic nitrogens is 2. The summed E-state index contributed by atoms with van der Waals surface area (Å²) in [7, 11) is 1.89. The van der Waals surface area contributed by atoms with Crippen LogP contribution in [0.3, 0.4) is 0 Å². The Labute approximate surface area is 126 Å². The predicted molar refractivity (Wildman–Crippen MR) is 84.4 cm³/mol. The van der Waals surface area contributed by atoms with Crippen molar-refractivity contribution in [2.24, 2.45) is 11.7 Å². The summed E-state index contributed by atoms with van der Waals surface area (Å²) in [4.78, 5) is 22.1. The van der Waals surface area contributed by atoms with E-state index in [-0.39, 0.29) is 5.91 Å². The molecule has 1 fully saturated rings. The quantitative estimate of drug-likeness (QED) is 0.863. The molecular weight excluding hydrogens is 266 g/mol. The molecule has 1 aliphatic rings. The standard InChI is InChI=1S/C15H25N5O/c1-10(2)13-14(17-3)18-9-19-15(13)20-6-4-11(5-7-20)8-12(16)21/h9-11H,4-8H2,1-3H3,(H2,16,21)(H,17,18,19). The lowest BCUT2D eigenvalue weighted by atomic mass is 9.92. The third-order valence-electron chi connectivity index (χ3n) is 4.08. The average molecular weight is 291 g/mol. The summed E-state index contributed by atoms with van der Waals surface area (Å²) in [5.41, 5.74) is 6.45. The van der Waals surface area contributed by atoms with Gasteiger partial charge in [0.05, 0.1) is 0 Å². The highest BCUT2D eigenvalue weighted by molar-refractivity contribution is 5.74. The van der Waals surface area contributed by atoms with Crippen LogP contribution < -0.4 is 16.0 Å². The molecule has 3 N–H and O–H groups in total. The number of hydrogen-bond acceptors (Lipinski definition) is 5. The van der Waals surface area contributed by atoms with E-state index in [4.69, 9.17) is 5.73 Å². The molecule has 0 aromatic carbocycles. The lowest BCUT2D eigenvalue weighted by molar-refractivity contribution is -0.119. The highest BCUT2D eigenvalue weighted by Crippen LogP contribution is 2.33. The van der Waals surface area contributed by atoms with Gasteiger partial charge in [0.15, 0.2) is 0 Å². The van der Waals surface area contributed by atoms with Crippen molar-refractivity contribution in [3.05, 3.63) is 11.9 Å². The zero-order valence-electron chi connectivity index (χ0n) is 13.1. The smallest absolute Gasteiger partial charge is 0.217 e. The molecule has 21 heavy (non-hydrogen) atoms. The van der Waals surface area contributed by atoms with Crippen LogP contribution in [0.5, 0.6) is 0 Å². The number of rotatable bonds is 5. The molecule has 0 bridgehead atoms. The molecule has 0 unspecified atom stereocenters. The van der Waals surface area contributed by atoms with Crippen LogP contribution in [0.25, 0.3) is 0 Å². The van der Waals surface area contributed by atoms with Gasteiger partial charge in [-0.25, -0.2) is 9.97 Å². The molecule has 2 rings (SSSR count). The van der Waals surface area contributed by atoms with Gasteiger partial charge in [-0.3, -0.25) is 4.79 Å². The lowest BCUT2D eigenvalue weighted by Crippen LogP contribution is -2.36. The molecule has 1 saturated heterocycles. The maximum atomic E-state index is 11.0. The third kappa shape index (κ3) is 3.62. The van der Waals surface area contributed by atoms with Gasteiger partial charge in [-0.1, -0.05) is 13.8 Å². The maximum absolute atomic E-state index is 11.0. The summed E-state index contributed by atoms with van der Waals surface area (Å²) in [5, 5.41) is 3.15. The number of carbonyl (C=O) groups excluding carboxylic acids is 1. The number of primary amides is 1. The van der Waals surface area contributed by atoms with E-state index in [1.54, 1.807) is 6.33 Å². The summed E-state index contributed by atoms with van der Waals surface area (Å²) in [6, 6.07) is 0. The molecule has 0 atom stereocenters. The number of piperidine rings is 1. The number of amides is 1. The van der Waals surface area contributed by atoms with Crippen molar-refractivity contribution < 1.29 is 4.79 Å². The molecule has 6 heteroatoms. The minimum absolute atomic E-state index is 0.198. The Morgan fingerprint density at radius 3 is 2.62 bits per heavy atom. The van der Waals surface area contributed by atoms with E-state index in [9.17, 15) is 4.79 Å². The van der Waals surface area contributed by atoms with Crippen LogP contribution in [0.15, 0.2) is 6.33 Å². The van der Waals surface area contributed by atoms with Crippen LogP contribution >= 0.6 is 0 Å². The van der Waals surface area contributed by atoms with Crippen molar-refractivity contribution in [3.63, 3.8) is 0 Å². The van der Waals surface area contributed by atoms with Gasteiger partial charge in [-0.05, 0) is 24.7 Å². The Kier molecular flexibility index (Phi) is 4.98. The predicted octanol–water partition coefficient (Wildman–Crippen LogP) is 1.73. The number of carbonyl (C=O) groups is 1. The second-order valence-electron chi connectivity index (χ2n) is 5.97. The van der Waals surface area contributed by atoms with Crippen molar-refractivity contribution in [1.29, 1.82) is 0 Å². The van der Waals surface area contributed by atoms with Crippen LogP contribution in [0, 0.1) is 5.92 Å². The summed E-state index contributed by atoms with van der Waals surface area (Å²) >= 11 is 0. The van der Waals surface area contributed by atoms with Crippen LogP contribution in [-0.2, 0) is 4.79 Å². The van der Waals surface area contributed by atoms with E-state index >= 15 is 0 Å². The molecule has 1 aromatic rings. The van der Waals surface area contributed by atoms with E-state index in [1.165, 1.54) is 0 Å². The second kappa shape index (κ2) is 6.74. The fourth-order valence-electron chi connectivity index (χ4n) is 3.00. The Hall–Kier alpha value is -1.85. The van der Waals surface area contributed by atoms with Gasteiger partial charge >= 0.3 is 0 Å². The summed E-state index contributed by atoms with van der Waals surface area (Å²) in [6.07, 6.45) is 4.08. The first-order chi connectivity index (χ1) is 10.0. The fraction of sp³-hybridized carbons (Fsp3) is 0.667. The van der Waals surface area contributed by atoms with Crippen molar-refractivity contribution in [3.8, 4) is 0 Å². The highest BCUT2D eigenvalue weighted by Gasteiger charge is 2.25. The lowest BCUT2D eigenvalue weighted by Gasteiger charge is -2.34. The zero-order chi connectivity index (χ0) is 15.4. The second-order valence-corrected chi connectivity index (χ2v) is 5.97. The van der Waals surface area contributed by atoms with Crippen molar-refractivity contribution in [2.45, 2.75) is 39.0 Å². The van der Waals surface area contributed by atoms with E-state index in [2.05, 4.69) is 34.0 Å². The molecule has 6 nitrogen and oxygen atoms in total. The van der Waals surface area contributed by atoms with Crippen molar-refractivity contribution in [1.82, 2.24) is 9.97 Å². The monoisotopic (exact) mass is 291 g/mol. The number of nitrogens with zero attached hydrogens (tertiary/aromatic N) is 3. The molecule has 0 spiro atoms. The van der Waals surface area contributed by atoms with Gasteiger partial charge in [-0.2, -0.15) is 0 Å². The SMILES string of the molecule is CNc1ncnc(N2CCC(CC(N)=O)CC2)c1C(C)C. The van der Waals surface area contributed by atoms with Gasteiger partial charge in [-0.15, -0.1) is 0 Å². The third-order valence-corrected chi connectivity index (χ3v) is 4.08. The largest absolute Gasteiger partial charge is 0.373 e. The molecule has 1 amide bonds. The van der Waals surface area contributed by atoms with Gasteiger partial charge in [0.25, 0.3) is 0 Å². The Morgan fingerprint density at radius 2 is 2.10 bits per heavy atom. The first kappa shape index (κ1) is 15.5. The van der Waals surface area contributed by atoms with E-state index in [0.29, 0.717) is 18.3 Å². The van der Waals surface area contributed by atoms with E-state index in [0.717, 1.165) is 43.1 Å². The summed E-state index contributed by atoms with van der Waals surface area (Å²) in [6.45, 7) is 6.14. The molecular formula is C15H25N5O. The molecule has 1 aromatic heterocycles.